The molecule has 0 aromatic heterocycles. The first-order valence-electron chi connectivity index (χ1n) is 11.3. The van der Waals surface area contributed by atoms with Gasteiger partial charge in [-0.15, -0.1) is 0 Å². The van der Waals surface area contributed by atoms with Gasteiger partial charge in [-0.3, -0.25) is 9.59 Å². The Bertz CT molecular complexity index is 574. The summed E-state index contributed by atoms with van der Waals surface area (Å²) in [7, 11) is 1.25. The van der Waals surface area contributed by atoms with Gasteiger partial charge in [0.05, 0.1) is 19.3 Å². The molecule has 31 heavy (non-hydrogen) atoms. The molecule has 0 aromatic rings. The molecule has 1 aliphatic carbocycles. The molecular formula is C23H40O8. The van der Waals surface area contributed by atoms with Crippen molar-refractivity contribution in [2.24, 2.45) is 11.8 Å². The zero-order valence-electron chi connectivity index (χ0n) is 19.8. The zero-order chi connectivity index (χ0) is 23.4. The van der Waals surface area contributed by atoms with E-state index in [0.29, 0.717) is 6.61 Å². The van der Waals surface area contributed by atoms with Crippen molar-refractivity contribution >= 4 is 11.8 Å². The van der Waals surface area contributed by atoms with Crippen LogP contribution in [0.3, 0.4) is 0 Å². The Morgan fingerprint density at radius 3 is 2.55 bits per heavy atom. The van der Waals surface area contributed by atoms with Crippen molar-refractivity contribution in [1.82, 2.24) is 0 Å². The third-order valence-corrected chi connectivity index (χ3v) is 5.21. The van der Waals surface area contributed by atoms with Crippen LogP contribution in [0.4, 0.5) is 0 Å². The molecule has 6 unspecified atom stereocenters. The summed E-state index contributed by atoms with van der Waals surface area (Å²) in [6.45, 7) is 9.74. The second-order valence-electron chi connectivity index (χ2n) is 7.81. The minimum Gasteiger partial charge on any atom is -0.468 e. The molecule has 1 fully saturated rings. The van der Waals surface area contributed by atoms with E-state index in [2.05, 4.69) is 6.92 Å². The lowest BCUT2D eigenvalue weighted by Crippen LogP contribution is -2.39. The highest BCUT2D eigenvalue weighted by Gasteiger charge is 2.48. The number of aliphatic hydroxyl groups is 1. The first-order valence-corrected chi connectivity index (χ1v) is 11.3. The summed E-state index contributed by atoms with van der Waals surface area (Å²) in [5.74, 6) is -4.37. The number of methoxy groups -OCH3 is 1. The van der Waals surface area contributed by atoms with Crippen LogP contribution in [0.5, 0.6) is 0 Å². The predicted octanol–water partition coefficient (Wildman–Crippen LogP) is 3.36. The molecule has 180 valence electrons. The van der Waals surface area contributed by atoms with Crippen molar-refractivity contribution in [2.45, 2.75) is 91.2 Å². The average molecular weight is 445 g/mol. The highest BCUT2D eigenvalue weighted by atomic mass is 16.8. The lowest BCUT2D eigenvalue weighted by Gasteiger charge is -2.29. The molecule has 1 rings (SSSR count). The molecule has 1 saturated carbocycles. The van der Waals surface area contributed by atoms with Crippen molar-refractivity contribution in [1.29, 1.82) is 0 Å². The van der Waals surface area contributed by atoms with E-state index in [1.165, 1.54) is 14.0 Å². The number of hydrogen-bond acceptors (Lipinski definition) is 8. The smallest absolute Gasteiger partial charge is 0.316 e. The summed E-state index contributed by atoms with van der Waals surface area (Å²) in [6, 6.07) is 0. The standard InChI is InChI=1S/C23H40O8/c1-7-10-11-12-17(30-16(4)28-8-2)13-14-18-20(31-23(5,26)29-9-3)15-19(24)21(18)22(25)27-6/h13-14,16-18,20-21,26H,7-12,15H2,1-6H3. The van der Waals surface area contributed by atoms with Gasteiger partial charge < -0.3 is 28.8 Å². The minimum absolute atomic E-state index is 0.0191. The van der Waals surface area contributed by atoms with Gasteiger partial charge >= 0.3 is 5.97 Å². The lowest BCUT2D eigenvalue weighted by molar-refractivity contribution is -0.364. The highest BCUT2D eigenvalue weighted by Crippen LogP contribution is 2.36. The maximum Gasteiger partial charge on any atom is 0.316 e. The molecule has 1 N–H and O–H groups in total. The van der Waals surface area contributed by atoms with E-state index in [1.54, 1.807) is 13.0 Å². The van der Waals surface area contributed by atoms with Crippen LogP contribution in [-0.4, -0.2) is 61.7 Å². The Hall–Kier alpha value is -1.32. The maximum absolute atomic E-state index is 12.6. The quantitative estimate of drug-likeness (QED) is 0.135. The van der Waals surface area contributed by atoms with Crippen LogP contribution in [-0.2, 0) is 33.3 Å². The molecule has 8 heteroatoms. The van der Waals surface area contributed by atoms with Gasteiger partial charge in [-0.2, -0.15) is 0 Å². The van der Waals surface area contributed by atoms with E-state index in [-0.39, 0.29) is 31.2 Å². The molecule has 0 saturated heterocycles. The number of rotatable bonds is 15. The van der Waals surface area contributed by atoms with Crippen molar-refractivity contribution in [3.63, 3.8) is 0 Å². The topological polar surface area (TPSA) is 101 Å². The molecular weight excluding hydrogens is 404 g/mol. The molecule has 0 aromatic carbocycles. The summed E-state index contributed by atoms with van der Waals surface area (Å²) in [5, 5.41) is 10.3. The summed E-state index contributed by atoms with van der Waals surface area (Å²) < 4.78 is 27.2. The van der Waals surface area contributed by atoms with Gasteiger partial charge in [-0.1, -0.05) is 38.3 Å². The monoisotopic (exact) mass is 444 g/mol. The molecule has 8 nitrogen and oxygen atoms in total. The van der Waals surface area contributed by atoms with Crippen molar-refractivity contribution in [2.75, 3.05) is 20.3 Å². The lowest BCUT2D eigenvalue weighted by atomic mass is 9.93. The summed E-state index contributed by atoms with van der Waals surface area (Å²) in [6.07, 6.45) is 6.19. The van der Waals surface area contributed by atoms with Gasteiger partial charge in [0.1, 0.15) is 11.7 Å². The van der Waals surface area contributed by atoms with E-state index in [4.69, 9.17) is 23.7 Å². The van der Waals surface area contributed by atoms with Crippen LogP contribution < -0.4 is 0 Å². The van der Waals surface area contributed by atoms with Crippen LogP contribution in [0, 0.1) is 11.8 Å². The predicted molar refractivity (Wildman–Crippen MR) is 115 cm³/mol. The summed E-state index contributed by atoms with van der Waals surface area (Å²) in [5.41, 5.74) is 0. The van der Waals surface area contributed by atoms with Gasteiger partial charge in [0.15, 0.2) is 6.29 Å². The molecule has 0 bridgehead atoms. The fourth-order valence-corrected chi connectivity index (χ4v) is 3.82. The first-order chi connectivity index (χ1) is 14.7. The fraction of sp³-hybridized carbons (Fsp3) is 0.826. The van der Waals surface area contributed by atoms with Crippen molar-refractivity contribution in [3.05, 3.63) is 12.2 Å². The minimum atomic E-state index is -1.86. The number of hydrogen-bond donors (Lipinski definition) is 1. The summed E-state index contributed by atoms with van der Waals surface area (Å²) >= 11 is 0. The Morgan fingerprint density at radius 2 is 1.97 bits per heavy atom. The molecule has 0 spiro atoms. The number of ether oxygens (including phenoxy) is 5. The van der Waals surface area contributed by atoms with Crippen LogP contribution >= 0.6 is 0 Å². The third-order valence-electron chi connectivity index (χ3n) is 5.21. The van der Waals surface area contributed by atoms with E-state index in [9.17, 15) is 14.7 Å². The number of esters is 1. The Morgan fingerprint density at radius 1 is 1.26 bits per heavy atom. The van der Waals surface area contributed by atoms with E-state index in [1.807, 2.05) is 19.9 Å². The zero-order valence-corrected chi connectivity index (χ0v) is 19.8. The van der Waals surface area contributed by atoms with Crippen LogP contribution in [0.15, 0.2) is 12.2 Å². The van der Waals surface area contributed by atoms with Gasteiger partial charge in [-0.05, 0) is 27.2 Å². The van der Waals surface area contributed by atoms with E-state index in [0.717, 1.165) is 25.7 Å². The largest absolute Gasteiger partial charge is 0.468 e. The van der Waals surface area contributed by atoms with Crippen molar-refractivity contribution in [3.8, 4) is 0 Å². The Balaban J connectivity index is 3.07. The SMILES string of the molecule is CCCCCC(C=CC1C(OC(C)(O)OCC)CC(=O)C1C(=O)OC)OC(C)OCC. The van der Waals surface area contributed by atoms with E-state index < -0.39 is 29.9 Å². The molecule has 0 heterocycles. The normalized spacial score (nSPS) is 25.5. The number of carbonyl (C=O) groups is 2. The molecule has 0 aliphatic heterocycles. The van der Waals surface area contributed by atoms with Crippen LogP contribution in [0.1, 0.15) is 66.7 Å². The Labute approximate surface area is 186 Å². The van der Waals surface area contributed by atoms with Gasteiger partial charge in [0, 0.05) is 32.5 Å². The number of ketones is 1. The molecule has 1 aliphatic rings. The van der Waals surface area contributed by atoms with Gasteiger partial charge in [0.25, 0.3) is 5.97 Å². The van der Waals surface area contributed by atoms with Gasteiger partial charge in [-0.25, -0.2) is 0 Å². The number of unbranched alkanes of at least 4 members (excludes halogenated alkanes) is 2. The molecule has 0 radical (unpaired) electrons. The molecule has 0 amide bonds. The van der Waals surface area contributed by atoms with Crippen LogP contribution in [0.25, 0.3) is 0 Å². The third kappa shape index (κ3) is 9.37. The first kappa shape index (κ1) is 27.7. The van der Waals surface area contributed by atoms with Crippen LogP contribution in [0.2, 0.25) is 0 Å². The number of Topliss-reactive ketones (excluding diaryl/α,β-unsaturated/α-hetero) is 1. The van der Waals surface area contributed by atoms with Gasteiger partial charge in [0.2, 0.25) is 0 Å². The summed E-state index contributed by atoms with van der Waals surface area (Å²) in [4.78, 5) is 24.9. The average Bonchev–Trinajstić information content (AvgIpc) is 2.99. The highest BCUT2D eigenvalue weighted by molar-refractivity contribution is 6.01. The molecule has 6 atom stereocenters. The van der Waals surface area contributed by atoms with Crippen molar-refractivity contribution < 1.29 is 38.4 Å². The second kappa shape index (κ2) is 14.0. The fourth-order valence-electron chi connectivity index (χ4n) is 3.82. The Kier molecular flexibility index (Phi) is 12.5. The number of carbonyl (C=O) groups excluding carboxylic acids is 2. The second-order valence-corrected chi connectivity index (χ2v) is 7.81. The van der Waals surface area contributed by atoms with E-state index >= 15 is 0 Å². The maximum atomic E-state index is 12.6.